The summed E-state index contributed by atoms with van der Waals surface area (Å²) in [6.45, 7) is 0. The van der Waals surface area contributed by atoms with Crippen molar-refractivity contribution in [3.05, 3.63) is 34.0 Å². The van der Waals surface area contributed by atoms with Crippen molar-refractivity contribution in [1.82, 2.24) is 0 Å². The Hall–Kier alpha value is -1.45. The summed E-state index contributed by atoms with van der Waals surface area (Å²) >= 11 is 0. The van der Waals surface area contributed by atoms with E-state index in [9.17, 15) is 14.9 Å². The molecule has 2 fully saturated rings. The van der Waals surface area contributed by atoms with E-state index in [1.165, 1.54) is 0 Å². The van der Waals surface area contributed by atoms with Crippen LogP contribution in [0.4, 0.5) is 0 Å². The van der Waals surface area contributed by atoms with E-state index in [0.717, 1.165) is 6.42 Å². The predicted molar refractivity (Wildman–Crippen MR) is 52.5 cm³/mol. The lowest BCUT2D eigenvalue weighted by Gasteiger charge is -2.31. The molecule has 0 heterocycles. The molecule has 15 heavy (non-hydrogen) atoms. The molecule has 3 rings (SSSR count). The number of carbonyl (C=O) groups is 1. The quantitative estimate of drug-likeness (QED) is 0.483. The highest BCUT2D eigenvalue weighted by Crippen LogP contribution is 2.61. The molecule has 2 saturated carbocycles. The molecule has 2 bridgehead atoms. The van der Waals surface area contributed by atoms with Crippen molar-refractivity contribution < 1.29 is 9.72 Å². The van der Waals surface area contributed by atoms with E-state index in [2.05, 4.69) is 0 Å². The Kier molecular flexibility index (Phi) is 1.51. The topological polar surface area (TPSA) is 60.2 Å². The smallest absolute Gasteiger partial charge is 0.253 e. The van der Waals surface area contributed by atoms with E-state index in [4.69, 9.17) is 0 Å². The number of hydrogen-bond donors (Lipinski definition) is 0. The molecule has 0 aromatic rings. The highest BCUT2D eigenvalue weighted by atomic mass is 16.6. The fraction of sp³-hybridized carbons (Fsp3) is 0.545. The van der Waals surface area contributed by atoms with Crippen molar-refractivity contribution in [3.8, 4) is 0 Å². The molecule has 0 radical (unpaired) electrons. The van der Waals surface area contributed by atoms with Crippen LogP contribution in [-0.4, -0.2) is 10.7 Å². The molecular formula is C11H11NO3. The van der Waals surface area contributed by atoms with Gasteiger partial charge >= 0.3 is 0 Å². The average Bonchev–Trinajstić information content (AvgIpc) is 2.68. The van der Waals surface area contributed by atoms with Crippen LogP contribution >= 0.6 is 0 Å². The molecule has 0 aliphatic heterocycles. The number of carbonyl (C=O) groups excluding carboxylic acids is 1. The molecule has 0 amide bonds. The van der Waals surface area contributed by atoms with Gasteiger partial charge in [-0.2, -0.15) is 0 Å². The Balaban J connectivity index is 2.10. The molecule has 3 aliphatic carbocycles. The zero-order chi connectivity index (χ0) is 10.6. The molecule has 1 spiro atoms. The van der Waals surface area contributed by atoms with Crippen LogP contribution in [0.5, 0.6) is 0 Å². The molecule has 0 aromatic heterocycles. The third kappa shape index (κ3) is 0.940. The first kappa shape index (κ1) is 8.83. The summed E-state index contributed by atoms with van der Waals surface area (Å²) in [5.74, 6) is 0.501. The average molecular weight is 205 g/mol. The lowest BCUT2D eigenvalue weighted by atomic mass is 9.70. The fourth-order valence-electron chi connectivity index (χ4n) is 3.45. The molecular weight excluding hydrogens is 194 g/mol. The first-order valence-electron chi connectivity index (χ1n) is 5.19. The Morgan fingerprint density at radius 1 is 1.53 bits per heavy atom. The van der Waals surface area contributed by atoms with Crippen LogP contribution in [0.1, 0.15) is 19.3 Å². The van der Waals surface area contributed by atoms with Crippen molar-refractivity contribution in [1.29, 1.82) is 0 Å². The fourth-order valence-corrected chi connectivity index (χ4v) is 3.45. The highest BCUT2D eigenvalue weighted by molar-refractivity contribution is 5.86. The molecule has 0 saturated heterocycles. The van der Waals surface area contributed by atoms with E-state index >= 15 is 0 Å². The van der Waals surface area contributed by atoms with Gasteiger partial charge < -0.3 is 0 Å². The van der Waals surface area contributed by atoms with Crippen LogP contribution in [0.3, 0.4) is 0 Å². The summed E-state index contributed by atoms with van der Waals surface area (Å²) in [5.41, 5.74) is -0.205. The molecule has 4 heteroatoms. The van der Waals surface area contributed by atoms with Gasteiger partial charge in [0.15, 0.2) is 0 Å². The molecule has 4 nitrogen and oxygen atoms in total. The number of ketones is 1. The third-order valence-corrected chi connectivity index (χ3v) is 4.11. The third-order valence-electron chi connectivity index (χ3n) is 4.11. The van der Waals surface area contributed by atoms with E-state index < -0.39 is 5.41 Å². The maximum Gasteiger partial charge on any atom is 0.253 e. The van der Waals surface area contributed by atoms with E-state index in [1.54, 1.807) is 12.2 Å². The minimum atomic E-state index is -0.458. The number of nitro groups is 1. The van der Waals surface area contributed by atoms with Crippen LogP contribution in [0.15, 0.2) is 23.9 Å². The number of hydrogen-bond acceptors (Lipinski definition) is 3. The van der Waals surface area contributed by atoms with Gasteiger partial charge in [-0.05, 0) is 18.8 Å². The van der Waals surface area contributed by atoms with Gasteiger partial charge in [-0.25, -0.2) is 0 Å². The van der Waals surface area contributed by atoms with Crippen LogP contribution in [0.2, 0.25) is 0 Å². The molecule has 0 aromatic carbocycles. The number of Topliss-reactive ketones (excluding diaryl/α,β-unsaturated/α-hetero) is 1. The summed E-state index contributed by atoms with van der Waals surface area (Å²) in [4.78, 5) is 22.2. The van der Waals surface area contributed by atoms with E-state index in [-0.39, 0.29) is 28.2 Å². The lowest BCUT2D eigenvalue weighted by molar-refractivity contribution is -0.442. The van der Waals surface area contributed by atoms with Gasteiger partial charge in [-0.3, -0.25) is 14.9 Å². The molecule has 3 unspecified atom stereocenters. The Labute approximate surface area is 86.8 Å². The Bertz CT molecular complexity index is 424. The zero-order valence-electron chi connectivity index (χ0n) is 8.18. The van der Waals surface area contributed by atoms with Gasteiger partial charge in [-0.1, -0.05) is 12.2 Å². The van der Waals surface area contributed by atoms with Gasteiger partial charge in [0.2, 0.25) is 0 Å². The number of nitrogens with zero attached hydrogens (tertiary/aromatic N) is 1. The van der Waals surface area contributed by atoms with Crippen LogP contribution in [-0.2, 0) is 4.79 Å². The summed E-state index contributed by atoms with van der Waals surface area (Å²) in [6.07, 6.45) is 7.23. The normalized spacial score (nSPS) is 41.6. The van der Waals surface area contributed by atoms with Gasteiger partial charge in [0, 0.05) is 18.4 Å². The maximum absolute atomic E-state index is 11.6. The SMILES string of the molecule is O=C1CC23CC1CC2C=CC=C3[N+](=O)[O-]. The number of fused-ring (bicyclic) bond motifs is 1. The highest BCUT2D eigenvalue weighted by Gasteiger charge is 2.62. The summed E-state index contributed by atoms with van der Waals surface area (Å²) in [5, 5.41) is 11.0. The zero-order valence-corrected chi connectivity index (χ0v) is 8.18. The summed E-state index contributed by atoms with van der Waals surface area (Å²) in [6, 6.07) is 0. The summed E-state index contributed by atoms with van der Waals surface area (Å²) < 4.78 is 0. The lowest BCUT2D eigenvalue weighted by Crippen LogP contribution is -2.33. The van der Waals surface area contributed by atoms with Crippen molar-refractivity contribution in [3.63, 3.8) is 0 Å². The number of rotatable bonds is 1. The maximum atomic E-state index is 11.6. The van der Waals surface area contributed by atoms with Crippen molar-refractivity contribution in [2.45, 2.75) is 19.3 Å². The monoisotopic (exact) mass is 205 g/mol. The second-order valence-electron chi connectivity index (χ2n) is 4.74. The minimum Gasteiger partial charge on any atom is -0.299 e. The predicted octanol–water partition coefficient (Wildman–Crippen LogP) is 1.70. The Morgan fingerprint density at radius 2 is 2.33 bits per heavy atom. The van der Waals surface area contributed by atoms with E-state index in [0.29, 0.717) is 12.8 Å². The van der Waals surface area contributed by atoms with Crippen molar-refractivity contribution in [2.75, 3.05) is 0 Å². The van der Waals surface area contributed by atoms with Gasteiger partial charge in [0.25, 0.3) is 5.70 Å². The van der Waals surface area contributed by atoms with Gasteiger partial charge in [-0.15, -0.1) is 0 Å². The van der Waals surface area contributed by atoms with Gasteiger partial charge in [0.05, 0.1) is 10.3 Å². The van der Waals surface area contributed by atoms with Crippen LogP contribution < -0.4 is 0 Å². The minimum absolute atomic E-state index is 0.0705. The van der Waals surface area contributed by atoms with Crippen molar-refractivity contribution in [2.24, 2.45) is 17.3 Å². The molecule has 78 valence electrons. The first-order chi connectivity index (χ1) is 7.13. The first-order valence-corrected chi connectivity index (χ1v) is 5.19. The second kappa shape index (κ2) is 2.56. The van der Waals surface area contributed by atoms with E-state index in [1.807, 2.05) is 6.08 Å². The van der Waals surface area contributed by atoms with Gasteiger partial charge in [0.1, 0.15) is 5.78 Å². The molecule has 0 N–H and O–H groups in total. The Morgan fingerprint density at radius 3 is 3.00 bits per heavy atom. The van der Waals surface area contributed by atoms with Crippen LogP contribution in [0, 0.1) is 27.4 Å². The van der Waals surface area contributed by atoms with Crippen LogP contribution in [0.25, 0.3) is 0 Å². The standard InChI is InChI=1S/C11H11NO3/c13-9-6-11-5-7(9)4-8(11)2-1-3-10(11)12(14)15/h1-3,7-8H,4-6H2. The number of allylic oxidation sites excluding steroid dienone is 4. The molecule has 3 aliphatic rings. The summed E-state index contributed by atoms with van der Waals surface area (Å²) in [7, 11) is 0. The second-order valence-corrected chi connectivity index (χ2v) is 4.74. The molecule has 3 atom stereocenters. The largest absolute Gasteiger partial charge is 0.299 e. The van der Waals surface area contributed by atoms with Crippen molar-refractivity contribution >= 4 is 5.78 Å².